The lowest BCUT2D eigenvalue weighted by Crippen LogP contribution is -2.41. The first kappa shape index (κ1) is 33.1. The summed E-state index contributed by atoms with van der Waals surface area (Å²) in [7, 11) is 0. The van der Waals surface area contributed by atoms with Crippen molar-refractivity contribution in [3.63, 3.8) is 0 Å². The number of carbonyl (C=O) groups excluding carboxylic acids is 2. The minimum absolute atomic E-state index is 0.197. The summed E-state index contributed by atoms with van der Waals surface area (Å²) in [6, 6.07) is 17.8. The Hall–Kier alpha value is -3.38. The highest BCUT2D eigenvalue weighted by Gasteiger charge is 2.33. The average Bonchev–Trinajstić information content (AvgIpc) is 2.96. The van der Waals surface area contributed by atoms with Gasteiger partial charge in [0, 0.05) is 11.0 Å². The number of aliphatic hydroxyl groups excluding tert-OH is 1. The second kappa shape index (κ2) is 13.7. The summed E-state index contributed by atoms with van der Waals surface area (Å²) in [5.41, 5.74) is 3.53. The standard InChI is InChI=1S/C36H49NO5/c1-10-30(32(38)35(7,8)9)42-31-19-18-28(20-23(31)5)36(11-2,12-3)29-17-16-25-21-27(15-14-26(25)22-29)33(39)37-24(6)34(40)41-13-4/h14-22,24,30,32,38H,10-13H2,1-9H3,(H,37,39). The highest BCUT2D eigenvalue weighted by molar-refractivity contribution is 6.00. The Bertz CT molecular complexity index is 1390. The maximum Gasteiger partial charge on any atom is 0.328 e. The minimum atomic E-state index is -0.720. The molecule has 0 aromatic heterocycles. The third-order valence-electron chi connectivity index (χ3n) is 8.50. The van der Waals surface area contributed by atoms with Gasteiger partial charge < -0.3 is 19.9 Å². The van der Waals surface area contributed by atoms with Crippen molar-refractivity contribution in [1.29, 1.82) is 0 Å². The summed E-state index contributed by atoms with van der Waals surface area (Å²) in [6.45, 7) is 18.3. The van der Waals surface area contributed by atoms with Crippen LogP contribution in [0.1, 0.15) is 102 Å². The summed E-state index contributed by atoms with van der Waals surface area (Å²) in [4.78, 5) is 24.7. The number of amides is 1. The number of rotatable bonds is 12. The molecule has 0 aliphatic rings. The van der Waals surface area contributed by atoms with Gasteiger partial charge in [0.1, 0.15) is 17.9 Å². The number of fused-ring (bicyclic) bond motifs is 1. The van der Waals surface area contributed by atoms with Crippen molar-refractivity contribution in [2.75, 3.05) is 6.61 Å². The van der Waals surface area contributed by atoms with Gasteiger partial charge in [-0.2, -0.15) is 0 Å². The number of benzene rings is 3. The SMILES string of the molecule is CCOC(=O)C(C)NC(=O)c1ccc2cc(C(CC)(CC)c3ccc(OC(CC)C(O)C(C)(C)C)c(C)c3)ccc2c1. The molecule has 2 N–H and O–H groups in total. The van der Waals surface area contributed by atoms with Gasteiger partial charge in [0.25, 0.3) is 5.91 Å². The van der Waals surface area contributed by atoms with Crippen molar-refractivity contribution in [2.45, 2.75) is 105 Å². The molecule has 6 heteroatoms. The summed E-state index contributed by atoms with van der Waals surface area (Å²) in [5, 5.41) is 15.6. The molecule has 0 aliphatic heterocycles. The molecule has 0 fully saturated rings. The van der Waals surface area contributed by atoms with Gasteiger partial charge in [0.05, 0.1) is 12.7 Å². The van der Waals surface area contributed by atoms with E-state index in [-0.39, 0.29) is 29.4 Å². The van der Waals surface area contributed by atoms with Gasteiger partial charge in [-0.25, -0.2) is 4.79 Å². The third kappa shape index (κ3) is 7.15. The van der Waals surface area contributed by atoms with Gasteiger partial charge in [-0.1, -0.05) is 77.9 Å². The topological polar surface area (TPSA) is 84.9 Å². The van der Waals surface area contributed by atoms with Crippen molar-refractivity contribution in [3.8, 4) is 5.75 Å². The molecule has 0 heterocycles. The number of aliphatic hydroxyl groups is 1. The van der Waals surface area contributed by atoms with E-state index in [1.807, 2.05) is 45.9 Å². The molecule has 0 bridgehead atoms. The van der Waals surface area contributed by atoms with Crippen molar-refractivity contribution >= 4 is 22.6 Å². The van der Waals surface area contributed by atoms with Crippen LogP contribution in [0.25, 0.3) is 10.8 Å². The Labute approximate surface area is 251 Å². The molecule has 3 unspecified atom stereocenters. The summed E-state index contributed by atoms with van der Waals surface area (Å²) >= 11 is 0. The zero-order valence-corrected chi connectivity index (χ0v) is 26.8. The van der Waals surface area contributed by atoms with E-state index < -0.39 is 18.1 Å². The molecule has 3 aromatic carbocycles. The van der Waals surface area contributed by atoms with Crippen LogP contribution >= 0.6 is 0 Å². The number of hydrogen-bond donors (Lipinski definition) is 2. The van der Waals surface area contributed by atoms with Crippen molar-refractivity contribution < 1.29 is 24.2 Å². The van der Waals surface area contributed by atoms with Gasteiger partial charge in [-0.05, 0) is 91.1 Å². The second-order valence-corrected chi connectivity index (χ2v) is 12.4. The van der Waals surface area contributed by atoms with Gasteiger partial charge in [0.2, 0.25) is 0 Å². The molecule has 42 heavy (non-hydrogen) atoms. The molecule has 0 saturated carbocycles. The van der Waals surface area contributed by atoms with E-state index in [0.29, 0.717) is 5.56 Å². The molecule has 228 valence electrons. The molecule has 0 saturated heterocycles. The van der Waals surface area contributed by atoms with Gasteiger partial charge >= 0.3 is 5.97 Å². The fraction of sp³-hybridized carbons (Fsp3) is 0.500. The molecule has 3 rings (SSSR count). The zero-order valence-electron chi connectivity index (χ0n) is 26.8. The van der Waals surface area contributed by atoms with Crippen LogP contribution in [0.4, 0.5) is 0 Å². The molecular weight excluding hydrogens is 526 g/mol. The first-order valence-electron chi connectivity index (χ1n) is 15.3. The van der Waals surface area contributed by atoms with E-state index in [0.717, 1.165) is 41.3 Å². The zero-order chi connectivity index (χ0) is 31.2. The van der Waals surface area contributed by atoms with E-state index in [2.05, 4.69) is 56.4 Å². The van der Waals surface area contributed by atoms with Crippen LogP contribution in [-0.2, 0) is 14.9 Å². The number of hydrogen-bond acceptors (Lipinski definition) is 5. The third-order valence-corrected chi connectivity index (χ3v) is 8.50. The smallest absolute Gasteiger partial charge is 0.328 e. The van der Waals surface area contributed by atoms with E-state index >= 15 is 0 Å². The predicted octanol–water partition coefficient (Wildman–Crippen LogP) is 7.50. The van der Waals surface area contributed by atoms with Crippen LogP contribution in [-0.4, -0.2) is 41.8 Å². The lowest BCUT2D eigenvalue weighted by Gasteiger charge is -2.35. The Morgan fingerprint density at radius 3 is 2.05 bits per heavy atom. The van der Waals surface area contributed by atoms with E-state index in [1.54, 1.807) is 19.9 Å². The van der Waals surface area contributed by atoms with Crippen LogP contribution in [0.3, 0.4) is 0 Å². The fourth-order valence-corrected chi connectivity index (χ4v) is 5.70. The van der Waals surface area contributed by atoms with Crippen LogP contribution in [0.2, 0.25) is 0 Å². The molecule has 3 atom stereocenters. The summed E-state index contributed by atoms with van der Waals surface area (Å²) < 4.78 is 11.4. The Morgan fingerprint density at radius 1 is 0.881 bits per heavy atom. The number of aryl methyl sites for hydroxylation is 1. The Balaban J connectivity index is 1.91. The maximum absolute atomic E-state index is 12.8. The van der Waals surface area contributed by atoms with Gasteiger partial charge in [0.15, 0.2) is 0 Å². The van der Waals surface area contributed by atoms with Crippen LogP contribution in [0.5, 0.6) is 5.75 Å². The molecule has 6 nitrogen and oxygen atoms in total. The van der Waals surface area contributed by atoms with Crippen LogP contribution < -0.4 is 10.1 Å². The Kier molecular flexibility index (Phi) is 10.8. The van der Waals surface area contributed by atoms with Crippen molar-refractivity contribution in [2.24, 2.45) is 5.41 Å². The number of ether oxygens (including phenoxy) is 2. The van der Waals surface area contributed by atoms with Crippen LogP contribution in [0, 0.1) is 12.3 Å². The minimum Gasteiger partial charge on any atom is -0.487 e. The lowest BCUT2D eigenvalue weighted by molar-refractivity contribution is -0.144. The van der Waals surface area contributed by atoms with Crippen molar-refractivity contribution in [3.05, 3.63) is 76.9 Å². The lowest BCUT2D eigenvalue weighted by atomic mass is 9.70. The summed E-state index contributed by atoms with van der Waals surface area (Å²) in [5.74, 6) is 0.0435. The van der Waals surface area contributed by atoms with E-state index in [4.69, 9.17) is 9.47 Å². The van der Waals surface area contributed by atoms with Crippen LogP contribution in [0.15, 0.2) is 54.6 Å². The van der Waals surface area contributed by atoms with E-state index in [9.17, 15) is 14.7 Å². The predicted molar refractivity (Wildman–Crippen MR) is 170 cm³/mol. The van der Waals surface area contributed by atoms with Gasteiger partial charge in [-0.3, -0.25) is 4.79 Å². The normalized spacial score (nSPS) is 14.2. The fourth-order valence-electron chi connectivity index (χ4n) is 5.70. The molecular formula is C36H49NO5. The van der Waals surface area contributed by atoms with Gasteiger partial charge in [-0.15, -0.1) is 0 Å². The number of nitrogens with one attached hydrogen (secondary N) is 1. The largest absolute Gasteiger partial charge is 0.487 e. The number of esters is 1. The highest BCUT2D eigenvalue weighted by Crippen LogP contribution is 2.41. The average molecular weight is 576 g/mol. The second-order valence-electron chi connectivity index (χ2n) is 12.4. The monoisotopic (exact) mass is 575 g/mol. The molecule has 0 aliphatic carbocycles. The maximum atomic E-state index is 12.8. The quantitative estimate of drug-likeness (QED) is 0.219. The summed E-state index contributed by atoms with van der Waals surface area (Å²) in [6.07, 6.45) is 1.70. The number of carbonyl (C=O) groups is 2. The Morgan fingerprint density at radius 2 is 1.48 bits per heavy atom. The van der Waals surface area contributed by atoms with E-state index in [1.165, 1.54) is 11.1 Å². The first-order chi connectivity index (χ1) is 19.8. The highest BCUT2D eigenvalue weighted by atomic mass is 16.5. The molecule has 1 amide bonds. The molecule has 3 aromatic rings. The first-order valence-corrected chi connectivity index (χ1v) is 15.3. The molecule has 0 spiro atoms. The molecule has 0 radical (unpaired) electrons. The van der Waals surface area contributed by atoms with Crippen molar-refractivity contribution in [1.82, 2.24) is 5.32 Å².